The van der Waals surface area contributed by atoms with Crippen LogP contribution in [0.2, 0.25) is 5.02 Å². The quantitative estimate of drug-likeness (QED) is 0.937. The first-order valence-corrected chi connectivity index (χ1v) is 6.37. The van der Waals surface area contributed by atoms with Crippen LogP contribution >= 0.6 is 23.4 Å². The Kier molecular flexibility index (Phi) is 4.05. The Labute approximate surface area is 118 Å². The van der Waals surface area contributed by atoms with E-state index >= 15 is 0 Å². The number of benzene rings is 1. The second-order valence-corrected chi connectivity index (χ2v) is 4.98. The number of nitriles is 1. The van der Waals surface area contributed by atoms with Gasteiger partial charge in [-0.1, -0.05) is 23.4 Å². The SMILES string of the molecule is N#Cc1ccc(Cl)cc1Sc1ncccc1C(=O)O. The summed E-state index contributed by atoms with van der Waals surface area (Å²) in [6.45, 7) is 0. The van der Waals surface area contributed by atoms with Gasteiger partial charge in [0, 0.05) is 16.1 Å². The molecule has 1 aromatic heterocycles. The number of hydrogen-bond donors (Lipinski definition) is 1. The van der Waals surface area contributed by atoms with Crippen molar-refractivity contribution >= 4 is 29.3 Å². The highest BCUT2D eigenvalue weighted by Crippen LogP contribution is 2.32. The van der Waals surface area contributed by atoms with Crippen molar-refractivity contribution in [1.82, 2.24) is 4.98 Å². The Balaban J connectivity index is 2.45. The summed E-state index contributed by atoms with van der Waals surface area (Å²) < 4.78 is 0. The third-order valence-electron chi connectivity index (χ3n) is 2.27. The zero-order valence-electron chi connectivity index (χ0n) is 9.50. The molecule has 1 aromatic carbocycles. The molecule has 4 nitrogen and oxygen atoms in total. The number of pyridine rings is 1. The van der Waals surface area contributed by atoms with Gasteiger partial charge in [0.1, 0.15) is 11.1 Å². The molecule has 6 heteroatoms. The highest BCUT2D eigenvalue weighted by Gasteiger charge is 2.14. The standard InChI is InChI=1S/C13H7ClN2O2S/c14-9-4-3-8(7-15)11(6-9)19-12-10(13(17)18)2-1-5-16-12/h1-6H,(H,17,18). The Hall–Kier alpha value is -2.03. The van der Waals surface area contributed by atoms with Gasteiger partial charge in [-0.25, -0.2) is 9.78 Å². The first-order valence-electron chi connectivity index (χ1n) is 5.17. The number of carboxylic acid groups (broad SMARTS) is 1. The minimum absolute atomic E-state index is 0.0939. The third kappa shape index (κ3) is 3.05. The van der Waals surface area contributed by atoms with Gasteiger partial charge >= 0.3 is 5.97 Å². The monoisotopic (exact) mass is 290 g/mol. The molecule has 0 spiro atoms. The number of aromatic carboxylic acids is 1. The first kappa shape index (κ1) is 13.4. The molecule has 0 fully saturated rings. The summed E-state index contributed by atoms with van der Waals surface area (Å²) >= 11 is 6.99. The zero-order chi connectivity index (χ0) is 13.8. The lowest BCUT2D eigenvalue weighted by molar-refractivity contribution is 0.0692. The van der Waals surface area contributed by atoms with E-state index in [0.29, 0.717) is 20.5 Å². The van der Waals surface area contributed by atoms with Crippen molar-refractivity contribution in [3.63, 3.8) is 0 Å². The topological polar surface area (TPSA) is 74.0 Å². The summed E-state index contributed by atoms with van der Waals surface area (Å²) in [7, 11) is 0. The van der Waals surface area contributed by atoms with E-state index in [9.17, 15) is 4.79 Å². The maximum absolute atomic E-state index is 11.1. The lowest BCUT2D eigenvalue weighted by Crippen LogP contribution is -2.00. The number of aromatic nitrogens is 1. The van der Waals surface area contributed by atoms with Gasteiger partial charge in [-0.3, -0.25) is 0 Å². The van der Waals surface area contributed by atoms with Crippen LogP contribution < -0.4 is 0 Å². The van der Waals surface area contributed by atoms with Crippen LogP contribution in [0.25, 0.3) is 0 Å². The Bertz CT molecular complexity index is 683. The molecule has 2 rings (SSSR count). The Morgan fingerprint density at radius 3 is 2.89 bits per heavy atom. The number of nitrogens with zero attached hydrogens (tertiary/aromatic N) is 2. The fourth-order valence-electron chi connectivity index (χ4n) is 1.41. The molecule has 0 bridgehead atoms. The van der Waals surface area contributed by atoms with E-state index in [2.05, 4.69) is 4.98 Å². The van der Waals surface area contributed by atoms with E-state index in [1.807, 2.05) is 6.07 Å². The van der Waals surface area contributed by atoms with Crippen LogP contribution in [0.1, 0.15) is 15.9 Å². The summed E-state index contributed by atoms with van der Waals surface area (Å²) in [5.74, 6) is -1.06. The highest BCUT2D eigenvalue weighted by molar-refractivity contribution is 7.99. The lowest BCUT2D eigenvalue weighted by Gasteiger charge is -2.06. The molecule has 0 saturated carbocycles. The van der Waals surface area contributed by atoms with Crippen molar-refractivity contribution in [2.75, 3.05) is 0 Å². The molecule has 19 heavy (non-hydrogen) atoms. The van der Waals surface area contributed by atoms with Crippen LogP contribution in [0.3, 0.4) is 0 Å². The number of carbonyl (C=O) groups is 1. The van der Waals surface area contributed by atoms with E-state index in [1.165, 1.54) is 12.3 Å². The fraction of sp³-hybridized carbons (Fsp3) is 0. The zero-order valence-corrected chi connectivity index (χ0v) is 11.1. The first-order chi connectivity index (χ1) is 9.11. The average molecular weight is 291 g/mol. The normalized spacial score (nSPS) is 9.89. The van der Waals surface area contributed by atoms with Crippen molar-refractivity contribution < 1.29 is 9.90 Å². The van der Waals surface area contributed by atoms with E-state index in [4.69, 9.17) is 22.0 Å². The molecule has 0 amide bonds. The van der Waals surface area contributed by atoms with Crippen molar-refractivity contribution in [2.24, 2.45) is 0 Å². The second kappa shape index (κ2) is 5.74. The summed E-state index contributed by atoms with van der Waals surface area (Å²) in [6.07, 6.45) is 1.51. The van der Waals surface area contributed by atoms with Crippen LogP contribution in [-0.4, -0.2) is 16.1 Å². The highest BCUT2D eigenvalue weighted by atomic mass is 35.5. The fourth-order valence-corrected chi connectivity index (χ4v) is 2.65. The largest absolute Gasteiger partial charge is 0.478 e. The Morgan fingerprint density at radius 1 is 1.42 bits per heavy atom. The van der Waals surface area contributed by atoms with Gasteiger partial charge < -0.3 is 5.11 Å². The molecule has 0 saturated heterocycles. The van der Waals surface area contributed by atoms with Gasteiger partial charge in [-0.15, -0.1) is 0 Å². The lowest BCUT2D eigenvalue weighted by atomic mass is 10.2. The molecule has 1 N–H and O–H groups in total. The number of halogens is 1. The van der Waals surface area contributed by atoms with Gasteiger partial charge in [0.05, 0.1) is 11.1 Å². The van der Waals surface area contributed by atoms with Gasteiger partial charge in [-0.2, -0.15) is 5.26 Å². The molecule has 0 unspecified atom stereocenters. The predicted molar refractivity (Wildman–Crippen MR) is 71.5 cm³/mol. The molecule has 0 aliphatic carbocycles. The van der Waals surface area contributed by atoms with E-state index in [-0.39, 0.29) is 5.56 Å². The summed E-state index contributed by atoms with van der Waals surface area (Å²) in [5.41, 5.74) is 0.521. The summed E-state index contributed by atoms with van der Waals surface area (Å²) in [5, 5.41) is 18.9. The number of rotatable bonds is 3. The average Bonchev–Trinajstić information content (AvgIpc) is 2.39. The van der Waals surface area contributed by atoms with Crippen molar-refractivity contribution in [1.29, 1.82) is 5.26 Å². The van der Waals surface area contributed by atoms with Crippen molar-refractivity contribution in [2.45, 2.75) is 9.92 Å². The number of hydrogen-bond acceptors (Lipinski definition) is 4. The third-order valence-corrected chi connectivity index (χ3v) is 3.58. The predicted octanol–water partition coefficient (Wildman–Crippen LogP) is 3.46. The van der Waals surface area contributed by atoms with E-state index in [1.54, 1.807) is 24.3 Å². The van der Waals surface area contributed by atoms with Crippen LogP contribution in [0.5, 0.6) is 0 Å². The smallest absolute Gasteiger partial charge is 0.338 e. The summed E-state index contributed by atoms with van der Waals surface area (Å²) in [4.78, 5) is 15.7. The van der Waals surface area contributed by atoms with Crippen LogP contribution in [0.4, 0.5) is 0 Å². The van der Waals surface area contributed by atoms with Crippen LogP contribution in [0.15, 0.2) is 46.5 Å². The molecule has 0 radical (unpaired) electrons. The molecule has 0 aliphatic heterocycles. The van der Waals surface area contributed by atoms with Gasteiger partial charge in [-0.05, 0) is 30.3 Å². The van der Waals surface area contributed by atoms with E-state index in [0.717, 1.165) is 11.8 Å². The minimum atomic E-state index is -1.06. The van der Waals surface area contributed by atoms with Crippen LogP contribution in [-0.2, 0) is 0 Å². The molecular weight excluding hydrogens is 284 g/mol. The van der Waals surface area contributed by atoms with Gasteiger partial charge in [0.15, 0.2) is 0 Å². The van der Waals surface area contributed by atoms with Gasteiger partial charge in [0.25, 0.3) is 0 Å². The van der Waals surface area contributed by atoms with Crippen molar-refractivity contribution in [3.05, 3.63) is 52.7 Å². The Morgan fingerprint density at radius 2 is 2.21 bits per heavy atom. The maximum Gasteiger partial charge on any atom is 0.338 e. The number of carboxylic acids is 1. The molecule has 0 aliphatic rings. The second-order valence-electron chi connectivity index (χ2n) is 3.52. The maximum atomic E-state index is 11.1. The van der Waals surface area contributed by atoms with Crippen LogP contribution in [0, 0.1) is 11.3 Å². The van der Waals surface area contributed by atoms with Crippen molar-refractivity contribution in [3.8, 4) is 6.07 Å². The van der Waals surface area contributed by atoms with Gasteiger partial charge in [0.2, 0.25) is 0 Å². The van der Waals surface area contributed by atoms with E-state index < -0.39 is 5.97 Å². The molecule has 0 atom stereocenters. The molecule has 1 heterocycles. The minimum Gasteiger partial charge on any atom is -0.478 e. The molecule has 94 valence electrons. The molecule has 2 aromatic rings. The summed E-state index contributed by atoms with van der Waals surface area (Å²) in [6, 6.07) is 9.88. The molecular formula is C13H7ClN2O2S.